The summed E-state index contributed by atoms with van der Waals surface area (Å²) < 4.78 is 12.0. The average Bonchev–Trinajstić information content (AvgIpc) is 3.86. The van der Waals surface area contributed by atoms with Crippen LogP contribution in [-0.2, 0) is 44.7 Å². The number of likely N-dealkylation sites (tertiary alicyclic amines) is 1. The molecule has 61 heavy (non-hydrogen) atoms. The second-order valence-electron chi connectivity index (χ2n) is 18.0. The summed E-state index contributed by atoms with van der Waals surface area (Å²) in [5.74, 6) is -5.16. The van der Waals surface area contributed by atoms with Crippen LogP contribution in [0.2, 0.25) is 0 Å². The van der Waals surface area contributed by atoms with Crippen molar-refractivity contribution in [3.63, 3.8) is 0 Å². The molecule has 0 unspecified atom stereocenters. The van der Waals surface area contributed by atoms with E-state index in [1.54, 1.807) is 30.0 Å². The molecule has 1 aliphatic heterocycles. The summed E-state index contributed by atoms with van der Waals surface area (Å²) in [5.41, 5.74) is 1.73. The van der Waals surface area contributed by atoms with E-state index in [-0.39, 0.29) is 73.2 Å². The van der Waals surface area contributed by atoms with Crippen molar-refractivity contribution in [3.05, 3.63) is 36.0 Å². The van der Waals surface area contributed by atoms with Gasteiger partial charge in [-0.05, 0) is 68.7 Å². The number of nitrogens with one attached hydrogen (secondary N) is 1. The Labute approximate surface area is 363 Å². The lowest BCUT2D eigenvalue weighted by atomic mass is 9.83. The highest BCUT2D eigenvalue weighted by atomic mass is 16.5. The molecule has 2 amide bonds. The zero-order valence-corrected chi connectivity index (χ0v) is 38.5. The maximum absolute atomic E-state index is 14.5. The Morgan fingerprint density at radius 1 is 0.902 bits per heavy atom. The second kappa shape index (κ2) is 23.9. The van der Waals surface area contributed by atoms with Crippen molar-refractivity contribution in [2.75, 3.05) is 41.4 Å². The number of benzene rings is 1. The minimum atomic E-state index is -1.05. The molecule has 0 saturated carbocycles. The van der Waals surface area contributed by atoms with Gasteiger partial charge in [0.05, 0.1) is 42.7 Å². The lowest BCUT2D eigenvalue weighted by Gasteiger charge is -2.41. The summed E-state index contributed by atoms with van der Waals surface area (Å²) in [6.07, 6.45) is 2.91. The fourth-order valence-electron chi connectivity index (χ4n) is 9.53. The molecule has 9 atom stereocenters. The number of para-hydroxylation sites is 1. The number of carboxylic acid groups (broad SMARTS) is 2. The molecule has 342 valence electrons. The molecule has 0 radical (unpaired) electrons. The van der Waals surface area contributed by atoms with Gasteiger partial charge in [0.15, 0.2) is 5.78 Å². The molecule has 1 aromatic heterocycles. The Balaban J connectivity index is 1.77. The minimum Gasteiger partial charge on any atom is -0.481 e. The van der Waals surface area contributed by atoms with E-state index in [2.05, 4.69) is 4.98 Å². The van der Waals surface area contributed by atoms with Gasteiger partial charge in [-0.3, -0.25) is 33.7 Å². The molecular weight excluding hydrogens is 781 g/mol. The zero-order chi connectivity index (χ0) is 45.7. The quantitative estimate of drug-likeness (QED) is 0.0910. The van der Waals surface area contributed by atoms with Gasteiger partial charge in [0, 0.05) is 76.0 Å². The first-order valence-corrected chi connectivity index (χ1v) is 22.2. The van der Waals surface area contributed by atoms with E-state index in [1.807, 2.05) is 77.8 Å². The Bertz CT molecular complexity index is 1780. The Morgan fingerprint density at radius 2 is 1.57 bits per heavy atom. The molecule has 1 aliphatic rings. The minimum absolute atomic E-state index is 0.00815. The maximum atomic E-state index is 14.5. The van der Waals surface area contributed by atoms with Crippen LogP contribution in [0.4, 0.5) is 0 Å². The third kappa shape index (κ3) is 13.4. The van der Waals surface area contributed by atoms with Gasteiger partial charge in [0.1, 0.15) is 5.78 Å². The number of carbonyl (C=O) groups excluding carboxylic acids is 4. The molecule has 1 saturated heterocycles. The van der Waals surface area contributed by atoms with Gasteiger partial charge in [-0.25, -0.2) is 0 Å². The van der Waals surface area contributed by atoms with E-state index in [1.165, 1.54) is 14.2 Å². The third-order valence-corrected chi connectivity index (χ3v) is 13.2. The number of aromatic amines is 1. The number of amides is 2. The van der Waals surface area contributed by atoms with Crippen LogP contribution in [0.1, 0.15) is 105 Å². The highest BCUT2D eigenvalue weighted by Crippen LogP contribution is 2.32. The van der Waals surface area contributed by atoms with E-state index in [4.69, 9.17) is 14.6 Å². The number of hydrogen-bond donors (Lipinski definition) is 3. The van der Waals surface area contributed by atoms with Crippen LogP contribution >= 0.6 is 0 Å². The van der Waals surface area contributed by atoms with E-state index in [9.17, 15) is 33.9 Å². The summed E-state index contributed by atoms with van der Waals surface area (Å²) >= 11 is 0. The fraction of sp³-hybridized carbons (Fsp3) is 0.702. The Hall–Kier alpha value is -4.14. The highest BCUT2D eigenvalue weighted by Gasteiger charge is 2.43. The van der Waals surface area contributed by atoms with Crippen LogP contribution in [0.25, 0.3) is 10.9 Å². The van der Waals surface area contributed by atoms with Gasteiger partial charge >= 0.3 is 11.9 Å². The molecule has 0 aliphatic carbocycles. The maximum Gasteiger partial charge on any atom is 0.307 e. The summed E-state index contributed by atoms with van der Waals surface area (Å²) in [7, 11) is 6.61. The standard InChI is InChI=1S/C47H74N4O10/c1-12-30(6)44(50(9)46(57)35(28(2)3)25-39(53)43(29(4)5)49(8)21-16-20-42(55)56)40(60-10)26-41(54)51-22-15-19-37(51)45(61-11)31(7)38(52)24-32(47(58)59)23-33-27-48-36-18-14-13-17-34(33)36/h13-14,17-18,27-32,35,37,40,43-45,48H,12,15-16,19-26H2,1-11H3,(H,55,56)(H,58,59)/t30-,31-,32+,35-,37-,40+,43-,44-,45+/m0/s1. The molecule has 0 spiro atoms. The molecular formula is C47H74N4O10. The molecule has 3 N–H and O–H groups in total. The van der Waals surface area contributed by atoms with E-state index < -0.39 is 60.0 Å². The average molecular weight is 855 g/mol. The number of carbonyl (C=O) groups is 6. The zero-order valence-electron chi connectivity index (χ0n) is 38.5. The third-order valence-electron chi connectivity index (χ3n) is 13.2. The monoisotopic (exact) mass is 855 g/mol. The number of H-pyrrole nitrogens is 1. The summed E-state index contributed by atoms with van der Waals surface area (Å²) in [5, 5.41) is 20.2. The van der Waals surface area contributed by atoms with Gasteiger partial charge in [0.2, 0.25) is 11.8 Å². The molecule has 2 heterocycles. The molecule has 2 aromatic rings. The first-order chi connectivity index (χ1) is 28.8. The lowest BCUT2D eigenvalue weighted by Crippen LogP contribution is -2.54. The number of aliphatic carboxylic acids is 2. The van der Waals surface area contributed by atoms with Crippen molar-refractivity contribution < 1.29 is 48.5 Å². The van der Waals surface area contributed by atoms with Crippen molar-refractivity contribution in [2.24, 2.45) is 35.5 Å². The first kappa shape index (κ1) is 51.2. The van der Waals surface area contributed by atoms with Crippen molar-refractivity contribution >= 4 is 46.2 Å². The summed E-state index contributed by atoms with van der Waals surface area (Å²) in [4.78, 5) is 88.6. The number of carboxylic acids is 2. The molecule has 3 rings (SSSR count). The molecule has 14 nitrogen and oxygen atoms in total. The number of aromatic nitrogens is 1. The van der Waals surface area contributed by atoms with Gasteiger partial charge in [-0.15, -0.1) is 0 Å². The van der Waals surface area contributed by atoms with Gasteiger partial charge < -0.3 is 34.5 Å². The summed E-state index contributed by atoms with van der Waals surface area (Å²) in [6.45, 7) is 14.5. The van der Waals surface area contributed by atoms with E-state index >= 15 is 0 Å². The number of fused-ring (bicyclic) bond motifs is 1. The van der Waals surface area contributed by atoms with Gasteiger partial charge in [-0.1, -0.05) is 73.1 Å². The van der Waals surface area contributed by atoms with Crippen LogP contribution in [0.3, 0.4) is 0 Å². The molecule has 14 heteroatoms. The van der Waals surface area contributed by atoms with Crippen molar-refractivity contribution in [2.45, 2.75) is 137 Å². The van der Waals surface area contributed by atoms with Crippen LogP contribution in [0.5, 0.6) is 0 Å². The second-order valence-corrected chi connectivity index (χ2v) is 18.0. The fourth-order valence-corrected chi connectivity index (χ4v) is 9.53. The van der Waals surface area contributed by atoms with Gasteiger partial charge in [0.25, 0.3) is 0 Å². The van der Waals surface area contributed by atoms with Crippen LogP contribution in [0.15, 0.2) is 30.5 Å². The number of methoxy groups -OCH3 is 2. The highest BCUT2D eigenvalue weighted by molar-refractivity contribution is 5.90. The van der Waals surface area contributed by atoms with Crippen LogP contribution in [0, 0.1) is 35.5 Å². The number of nitrogens with zero attached hydrogens (tertiary/aromatic N) is 3. The first-order valence-electron chi connectivity index (χ1n) is 22.2. The SMILES string of the molecule is CC[C@H](C)[C@@H]([C@@H](CC(=O)N1CCC[C@H]1[C@H](OC)[C@@H](C)C(=O)C[C@@H](Cc1c[nH]c2ccccc12)C(=O)O)OC)N(C)C(=O)[C@@H](CC(=O)[C@H](C(C)C)N(C)CCCC(=O)O)C(C)C. The predicted octanol–water partition coefficient (Wildman–Crippen LogP) is 6.34. The normalized spacial score (nSPS) is 18.5. The van der Waals surface area contributed by atoms with Crippen molar-refractivity contribution in [1.82, 2.24) is 19.7 Å². The largest absolute Gasteiger partial charge is 0.481 e. The molecule has 1 fully saturated rings. The van der Waals surface area contributed by atoms with E-state index in [0.29, 0.717) is 38.8 Å². The molecule has 0 bridgehead atoms. The molecule has 1 aromatic carbocycles. The number of hydrogen-bond acceptors (Lipinski definition) is 9. The van der Waals surface area contributed by atoms with Crippen molar-refractivity contribution in [1.29, 1.82) is 0 Å². The summed E-state index contributed by atoms with van der Waals surface area (Å²) in [6, 6.07) is 6.25. The Morgan fingerprint density at radius 3 is 2.15 bits per heavy atom. The topological polar surface area (TPSA) is 187 Å². The predicted molar refractivity (Wildman–Crippen MR) is 235 cm³/mol. The lowest BCUT2D eigenvalue weighted by molar-refractivity contribution is -0.149. The van der Waals surface area contributed by atoms with Crippen LogP contribution in [-0.4, -0.2) is 137 Å². The number of Topliss-reactive ketones (excluding diaryl/α,β-unsaturated/α-hetero) is 2. The number of rotatable bonds is 27. The van der Waals surface area contributed by atoms with Crippen molar-refractivity contribution in [3.8, 4) is 0 Å². The smallest absolute Gasteiger partial charge is 0.307 e. The number of ether oxygens (including phenoxy) is 2. The Kier molecular flexibility index (Phi) is 20.1. The van der Waals surface area contributed by atoms with Crippen LogP contribution < -0.4 is 0 Å². The number of ketones is 2. The number of likely N-dealkylation sites (N-methyl/N-ethyl adjacent to an activating group) is 2. The van der Waals surface area contributed by atoms with Gasteiger partial charge in [-0.2, -0.15) is 0 Å². The van der Waals surface area contributed by atoms with E-state index in [0.717, 1.165) is 16.5 Å².